The van der Waals surface area contributed by atoms with Gasteiger partial charge in [-0.25, -0.2) is 4.39 Å². The fourth-order valence-electron chi connectivity index (χ4n) is 1.32. The summed E-state index contributed by atoms with van der Waals surface area (Å²) in [7, 11) is 0. The molecule has 0 radical (unpaired) electrons. The summed E-state index contributed by atoms with van der Waals surface area (Å²) in [5.41, 5.74) is -0.00614. The van der Waals surface area contributed by atoms with Gasteiger partial charge >= 0.3 is 0 Å². The first-order chi connectivity index (χ1) is 8.06. The third-order valence-corrected chi connectivity index (χ3v) is 4.80. The van der Waals surface area contributed by atoms with Crippen molar-refractivity contribution in [2.75, 3.05) is 10.7 Å². The highest BCUT2D eigenvalue weighted by atomic mass is 79.9. The molecular weight excluding hydrogens is 353 g/mol. The molecule has 0 aliphatic carbocycles. The van der Waals surface area contributed by atoms with E-state index in [0.29, 0.717) is 16.2 Å². The summed E-state index contributed by atoms with van der Waals surface area (Å²) >= 11 is 6.78. The van der Waals surface area contributed by atoms with Gasteiger partial charge in [0.2, 0.25) is 0 Å². The van der Waals surface area contributed by atoms with Crippen molar-refractivity contribution in [2.45, 2.75) is 18.9 Å². The summed E-state index contributed by atoms with van der Waals surface area (Å²) in [6.45, 7) is 1.99. The third-order valence-electron chi connectivity index (χ3n) is 2.65. The lowest BCUT2D eigenvalue weighted by molar-refractivity contribution is 0.0915. The van der Waals surface area contributed by atoms with Gasteiger partial charge in [0.05, 0.1) is 5.54 Å². The van der Waals surface area contributed by atoms with Gasteiger partial charge in [0, 0.05) is 16.2 Å². The number of carbonyl (C=O) groups excluding carboxylic acids is 1. The zero-order valence-corrected chi connectivity index (χ0v) is 12.6. The fraction of sp³-hybridized carbons (Fsp3) is 0.417. The highest BCUT2D eigenvalue weighted by Gasteiger charge is 2.28. The summed E-state index contributed by atoms with van der Waals surface area (Å²) < 4.78 is 13.0. The summed E-state index contributed by atoms with van der Waals surface area (Å²) in [5.74, 6) is -0.664. The first kappa shape index (κ1) is 14.6. The summed E-state index contributed by atoms with van der Waals surface area (Å²) in [6.07, 6.45) is 0.782. The van der Waals surface area contributed by atoms with Gasteiger partial charge in [-0.15, -0.1) is 0 Å². The lowest BCUT2D eigenvalue weighted by atomic mass is 10.0. The SMILES string of the molecule is CCC(CBr)(CBr)NC(=O)c1cccc(F)c1. The van der Waals surface area contributed by atoms with Crippen LogP contribution in [-0.4, -0.2) is 22.1 Å². The van der Waals surface area contributed by atoms with Crippen molar-refractivity contribution in [1.29, 1.82) is 0 Å². The molecule has 94 valence electrons. The molecule has 1 amide bonds. The van der Waals surface area contributed by atoms with Gasteiger partial charge < -0.3 is 5.32 Å². The quantitative estimate of drug-likeness (QED) is 0.794. The molecule has 2 nitrogen and oxygen atoms in total. The molecule has 0 fully saturated rings. The average molecular weight is 367 g/mol. The van der Waals surface area contributed by atoms with E-state index >= 15 is 0 Å². The van der Waals surface area contributed by atoms with Gasteiger partial charge in [-0.2, -0.15) is 0 Å². The van der Waals surface area contributed by atoms with Crippen LogP contribution >= 0.6 is 31.9 Å². The largest absolute Gasteiger partial charge is 0.345 e. The van der Waals surface area contributed by atoms with Gasteiger partial charge in [0.1, 0.15) is 5.82 Å². The second-order valence-corrected chi connectivity index (χ2v) is 4.99. The second-order valence-electron chi connectivity index (χ2n) is 3.87. The minimum atomic E-state index is -0.405. The molecule has 1 aromatic carbocycles. The van der Waals surface area contributed by atoms with E-state index in [1.165, 1.54) is 18.2 Å². The highest BCUT2D eigenvalue weighted by Crippen LogP contribution is 2.18. The Morgan fingerprint density at radius 1 is 1.41 bits per heavy atom. The Kier molecular flexibility index (Phi) is 5.59. The zero-order chi connectivity index (χ0) is 12.9. The van der Waals surface area contributed by atoms with E-state index < -0.39 is 5.82 Å². The topological polar surface area (TPSA) is 29.1 Å². The van der Waals surface area contributed by atoms with Crippen molar-refractivity contribution >= 4 is 37.8 Å². The van der Waals surface area contributed by atoms with Crippen LogP contribution in [0.5, 0.6) is 0 Å². The van der Waals surface area contributed by atoms with Crippen LogP contribution in [0.2, 0.25) is 0 Å². The number of alkyl halides is 2. The number of nitrogens with one attached hydrogen (secondary N) is 1. The van der Waals surface area contributed by atoms with Crippen LogP contribution in [0.15, 0.2) is 24.3 Å². The molecule has 0 bridgehead atoms. The lowest BCUT2D eigenvalue weighted by Crippen LogP contribution is -2.51. The highest BCUT2D eigenvalue weighted by molar-refractivity contribution is 9.09. The normalized spacial score (nSPS) is 11.3. The van der Waals surface area contributed by atoms with E-state index in [4.69, 9.17) is 0 Å². The molecule has 0 atom stereocenters. The van der Waals surface area contributed by atoms with E-state index in [1.807, 2.05) is 6.92 Å². The number of amides is 1. The third kappa shape index (κ3) is 3.78. The van der Waals surface area contributed by atoms with Crippen molar-refractivity contribution in [2.24, 2.45) is 0 Å². The van der Waals surface area contributed by atoms with Crippen molar-refractivity contribution in [1.82, 2.24) is 5.32 Å². The molecule has 17 heavy (non-hydrogen) atoms. The first-order valence-electron chi connectivity index (χ1n) is 5.27. The standard InChI is InChI=1S/C12H14Br2FNO/c1-2-12(7-13,8-14)16-11(17)9-4-3-5-10(15)6-9/h3-6H,2,7-8H2,1H3,(H,16,17). The van der Waals surface area contributed by atoms with Crippen molar-refractivity contribution < 1.29 is 9.18 Å². The molecule has 0 aliphatic heterocycles. The Hall–Kier alpha value is -0.420. The minimum absolute atomic E-state index is 0.259. The number of hydrogen-bond donors (Lipinski definition) is 1. The van der Waals surface area contributed by atoms with Gasteiger partial charge in [-0.3, -0.25) is 4.79 Å². The van der Waals surface area contributed by atoms with E-state index in [9.17, 15) is 9.18 Å². The molecule has 1 aromatic rings. The van der Waals surface area contributed by atoms with E-state index in [1.54, 1.807) is 6.07 Å². The van der Waals surface area contributed by atoms with Crippen LogP contribution in [0.1, 0.15) is 23.7 Å². The molecule has 0 saturated carbocycles. The average Bonchev–Trinajstić information content (AvgIpc) is 2.36. The number of carbonyl (C=O) groups is 1. The Balaban J connectivity index is 2.84. The zero-order valence-electron chi connectivity index (χ0n) is 9.47. The Morgan fingerprint density at radius 2 is 2.06 bits per heavy atom. The fourth-order valence-corrected chi connectivity index (χ4v) is 3.32. The van der Waals surface area contributed by atoms with Crippen molar-refractivity contribution in [3.8, 4) is 0 Å². The van der Waals surface area contributed by atoms with Crippen LogP contribution in [0.25, 0.3) is 0 Å². The molecule has 1 N–H and O–H groups in total. The summed E-state index contributed by atoms with van der Waals surface area (Å²) in [6, 6.07) is 5.68. The predicted octanol–water partition coefficient (Wildman–Crippen LogP) is 3.49. The molecule has 0 unspecified atom stereocenters. The van der Waals surface area contributed by atoms with Gasteiger partial charge in [0.15, 0.2) is 0 Å². The number of hydrogen-bond acceptors (Lipinski definition) is 1. The predicted molar refractivity (Wildman–Crippen MR) is 74.5 cm³/mol. The van der Waals surface area contributed by atoms with Gasteiger partial charge in [0.25, 0.3) is 5.91 Å². The maximum absolute atomic E-state index is 13.0. The van der Waals surface area contributed by atoms with Gasteiger partial charge in [-0.1, -0.05) is 44.8 Å². The van der Waals surface area contributed by atoms with Crippen LogP contribution < -0.4 is 5.32 Å². The Morgan fingerprint density at radius 3 is 2.53 bits per heavy atom. The number of benzene rings is 1. The summed E-state index contributed by atoms with van der Waals surface area (Å²) in [5, 5.41) is 4.21. The van der Waals surface area contributed by atoms with Crippen LogP contribution in [0.4, 0.5) is 4.39 Å². The van der Waals surface area contributed by atoms with Crippen LogP contribution in [0.3, 0.4) is 0 Å². The Bertz CT molecular complexity index is 386. The maximum Gasteiger partial charge on any atom is 0.251 e. The molecule has 0 aliphatic rings. The van der Waals surface area contributed by atoms with E-state index in [-0.39, 0.29) is 11.4 Å². The second kappa shape index (κ2) is 6.50. The minimum Gasteiger partial charge on any atom is -0.345 e. The monoisotopic (exact) mass is 365 g/mol. The molecule has 5 heteroatoms. The van der Waals surface area contributed by atoms with Crippen LogP contribution in [0, 0.1) is 5.82 Å². The van der Waals surface area contributed by atoms with Gasteiger partial charge in [-0.05, 0) is 24.6 Å². The molecule has 0 spiro atoms. The smallest absolute Gasteiger partial charge is 0.251 e. The van der Waals surface area contributed by atoms with Crippen molar-refractivity contribution in [3.63, 3.8) is 0 Å². The first-order valence-corrected chi connectivity index (χ1v) is 7.51. The van der Waals surface area contributed by atoms with Crippen molar-refractivity contribution in [3.05, 3.63) is 35.6 Å². The molecule has 1 rings (SSSR count). The molecular formula is C12H14Br2FNO. The maximum atomic E-state index is 13.0. The summed E-state index contributed by atoms with van der Waals surface area (Å²) in [4.78, 5) is 12.0. The number of rotatable bonds is 5. The lowest BCUT2D eigenvalue weighted by Gasteiger charge is -2.30. The molecule has 0 aromatic heterocycles. The number of halogens is 3. The van der Waals surface area contributed by atoms with Crippen LogP contribution in [-0.2, 0) is 0 Å². The molecule has 0 heterocycles. The Labute approximate surface area is 117 Å². The molecule has 0 saturated heterocycles. The van der Waals surface area contributed by atoms with E-state index in [0.717, 1.165) is 6.42 Å². The van der Waals surface area contributed by atoms with E-state index in [2.05, 4.69) is 37.2 Å².